The van der Waals surface area contributed by atoms with E-state index in [1.54, 1.807) is 18.3 Å². The summed E-state index contributed by atoms with van der Waals surface area (Å²) in [5.74, 6) is -1.70. The molecule has 68 valence electrons. The van der Waals surface area contributed by atoms with Crippen LogP contribution in [0.3, 0.4) is 0 Å². The van der Waals surface area contributed by atoms with Gasteiger partial charge in [0, 0.05) is 11.8 Å². The molecule has 0 aliphatic carbocycles. The Hall–Kier alpha value is -0.840. The number of aromatic nitrogens is 1. The zero-order valence-electron chi connectivity index (χ0n) is 8.03. The number of carboxylic acids is 1. The first-order valence-electron chi connectivity index (χ1n) is 3.68. The first kappa shape index (κ1) is 13.2. The fourth-order valence-corrected chi connectivity index (χ4v) is 0.926. The maximum absolute atomic E-state index is 11.4. The van der Waals surface area contributed by atoms with Crippen LogP contribution < -0.4 is 34.7 Å². The van der Waals surface area contributed by atoms with Crippen LogP contribution in [0.2, 0.25) is 0 Å². The van der Waals surface area contributed by atoms with Gasteiger partial charge in [0.25, 0.3) is 0 Å². The van der Waals surface area contributed by atoms with Crippen molar-refractivity contribution in [2.45, 2.75) is 6.92 Å². The second-order valence-corrected chi connectivity index (χ2v) is 2.56. The second-order valence-electron chi connectivity index (χ2n) is 2.56. The quantitative estimate of drug-likeness (QED) is 0.320. The van der Waals surface area contributed by atoms with E-state index in [0.29, 0.717) is 5.69 Å². The number of rotatable bonds is 3. The summed E-state index contributed by atoms with van der Waals surface area (Å²) in [6, 6.07) is 3.24. The van der Waals surface area contributed by atoms with Crippen LogP contribution >= 0.6 is 0 Å². The van der Waals surface area contributed by atoms with Crippen LogP contribution in [0, 0.1) is 0 Å². The Kier molecular flexibility index (Phi) is 5.45. The second kappa shape index (κ2) is 5.80. The van der Waals surface area contributed by atoms with Gasteiger partial charge in [-0.25, -0.2) is 0 Å². The third-order valence-electron chi connectivity index (χ3n) is 1.54. The number of nitrogens with one attached hydrogen (secondary N) is 1. The van der Waals surface area contributed by atoms with Gasteiger partial charge in [-0.15, -0.1) is 0 Å². The minimum Gasteiger partial charge on any atom is -0.545 e. The first-order chi connectivity index (χ1) is 6.11. The summed E-state index contributed by atoms with van der Waals surface area (Å²) in [7, 11) is 0. The molecule has 0 unspecified atom stereocenters. The van der Waals surface area contributed by atoms with Crippen LogP contribution in [-0.2, 0) is 4.79 Å². The molecule has 14 heavy (non-hydrogen) atoms. The summed E-state index contributed by atoms with van der Waals surface area (Å²) >= 11 is 0. The minimum atomic E-state index is -1.36. The number of allylic oxidation sites excluding steroid dienone is 1. The monoisotopic (exact) mass is 201 g/mol. The Morgan fingerprint density at radius 3 is 2.57 bits per heavy atom. The summed E-state index contributed by atoms with van der Waals surface area (Å²) in [5, 5.41) is 10.1. The number of carboxylic acid groups (broad SMARTS) is 1. The van der Waals surface area contributed by atoms with Crippen molar-refractivity contribution in [1.82, 2.24) is 4.98 Å². The number of hydrogen-bond acceptors (Lipinski definition) is 3. The number of carbonyl (C=O) groups excluding carboxylic acids is 2. The van der Waals surface area contributed by atoms with Crippen molar-refractivity contribution in [1.29, 1.82) is 0 Å². The number of aliphatic carboxylic acids is 1. The van der Waals surface area contributed by atoms with Gasteiger partial charge in [-0.05, 0) is 25.1 Å². The van der Waals surface area contributed by atoms with Gasteiger partial charge in [-0.3, -0.25) is 4.79 Å². The molecule has 0 amide bonds. The molecule has 1 heterocycles. The number of ketones is 1. The SMILES string of the molecule is C/C(=C\C(=O)[O-])C(=O)c1ccc[nH]1.[Na+]. The molecule has 0 saturated heterocycles. The number of hydrogen-bond donors (Lipinski definition) is 1. The molecule has 0 saturated carbocycles. The summed E-state index contributed by atoms with van der Waals surface area (Å²) in [6.45, 7) is 1.43. The molecular formula is C9H8NNaO3. The molecule has 0 fully saturated rings. The Morgan fingerprint density at radius 2 is 2.14 bits per heavy atom. The number of H-pyrrole nitrogens is 1. The standard InChI is InChI=1S/C9H9NO3.Na/c1-6(5-8(11)12)9(13)7-3-2-4-10-7;/h2-5,10H,1H3,(H,11,12);/q;+1/p-1/b6-5+;. The Morgan fingerprint density at radius 1 is 1.50 bits per heavy atom. The predicted octanol–water partition coefficient (Wildman–Crippen LogP) is -3.10. The molecular weight excluding hydrogens is 193 g/mol. The smallest absolute Gasteiger partial charge is 0.545 e. The number of Topliss-reactive ketones (excluding diaryl/α,β-unsaturated/α-hetero) is 1. The van der Waals surface area contributed by atoms with E-state index >= 15 is 0 Å². The first-order valence-corrected chi connectivity index (χ1v) is 3.68. The number of carbonyl (C=O) groups is 2. The molecule has 1 aromatic heterocycles. The average Bonchev–Trinajstić information content (AvgIpc) is 2.53. The van der Waals surface area contributed by atoms with Crippen LogP contribution in [0.1, 0.15) is 17.4 Å². The van der Waals surface area contributed by atoms with Crippen LogP contribution in [0.25, 0.3) is 0 Å². The third kappa shape index (κ3) is 3.49. The van der Waals surface area contributed by atoms with E-state index in [2.05, 4.69) is 4.98 Å². The van der Waals surface area contributed by atoms with E-state index in [-0.39, 0.29) is 40.9 Å². The van der Waals surface area contributed by atoms with E-state index in [0.717, 1.165) is 6.08 Å². The van der Waals surface area contributed by atoms with Gasteiger partial charge in [-0.2, -0.15) is 0 Å². The fraction of sp³-hybridized carbons (Fsp3) is 0.111. The molecule has 0 aliphatic rings. The zero-order chi connectivity index (χ0) is 9.84. The van der Waals surface area contributed by atoms with Crippen molar-refractivity contribution in [2.75, 3.05) is 0 Å². The normalized spacial score (nSPS) is 10.5. The molecule has 0 aliphatic heterocycles. The Balaban J connectivity index is 0.00000169. The summed E-state index contributed by atoms with van der Waals surface area (Å²) < 4.78 is 0. The zero-order valence-corrected chi connectivity index (χ0v) is 10.0. The maximum atomic E-state index is 11.4. The van der Waals surface area contributed by atoms with Crippen LogP contribution in [0.5, 0.6) is 0 Å². The van der Waals surface area contributed by atoms with Gasteiger partial charge in [0.15, 0.2) is 0 Å². The van der Waals surface area contributed by atoms with Gasteiger partial charge < -0.3 is 14.9 Å². The molecule has 0 spiro atoms. The average molecular weight is 201 g/mol. The molecule has 0 atom stereocenters. The molecule has 1 aromatic rings. The van der Waals surface area contributed by atoms with Gasteiger partial charge >= 0.3 is 29.6 Å². The van der Waals surface area contributed by atoms with Gasteiger partial charge in [0.05, 0.1) is 11.7 Å². The van der Waals surface area contributed by atoms with Gasteiger partial charge in [-0.1, -0.05) is 0 Å². The fourth-order valence-electron chi connectivity index (χ4n) is 0.926. The van der Waals surface area contributed by atoms with Crippen LogP contribution in [0.15, 0.2) is 30.0 Å². The maximum Gasteiger partial charge on any atom is 1.00 e. The Labute approximate surface area is 103 Å². The van der Waals surface area contributed by atoms with Crippen LogP contribution in [-0.4, -0.2) is 16.7 Å². The van der Waals surface area contributed by atoms with E-state index in [1.165, 1.54) is 6.92 Å². The van der Waals surface area contributed by atoms with E-state index < -0.39 is 5.97 Å². The van der Waals surface area contributed by atoms with Crippen molar-refractivity contribution >= 4 is 11.8 Å². The van der Waals surface area contributed by atoms with Crippen molar-refractivity contribution in [2.24, 2.45) is 0 Å². The van der Waals surface area contributed by atoms with Crippen molar-refractivity contribution < 1.29 is 44.3 Å². The summed E-state index contributed by atoms with van der Waals surface area (Å²) in [6.07, 6.45) is 2.38. The van der Waals surface area contributed by atoms with E-state index in [1.807, 2.05) is 0 Å². The molecule has 4 nitrogen and oxygen atoms in total. The number of aromatic amines is 1. The summed E-state index contributed by atoms with van der Waals surface area (Å²) in [5.41, 5.74) is 0.512. The molecule has 1 N–H and O–H groups in total. The minimum absolute atomic E-state index is 0. The van der Waals surface area contributed by atoms with Crippen molar-refractivity contribution in [3.63, 3.8) is 0 Å². The summed E-state index contributed by atoms with van der Waals surface area (Å²) in [4.78, 5) is 24.2. The van der Waals surface area contributed by atoms with Gasteiger partial charge in [0.1, 0.15) is 0 Å². The molecule has 1 rings (SSSR count). The van der Waals surface area contributed by atoms with Gasteiger partial charge in [0.2, 0.25) is 5.78 Å². The third-order valence-corrected chi connectivity index (χ3v) is 1.54. The van der Waals surface area contributed by atoms with E-state index in [9.17, 15) is 14.7 Å². The van der Waals surface area contributed by atoms with Crippen molar-refractivity contribution in [3.8, 4) is 0 Å². The largest absolute Gasteiger partial charge is 1.00 e. The molecule has 0 bridgehead atoms. The molecule has 0 aromatic carbocycles. The molecule has 0 radical (unpaired) electrons. The van der Waals surface area contributed by atoms with Crippen LogP contribution in [0.4, 0.5) is 0 Å². The van der Waals surface area contributed by atoms with E-state index in [4.69, 9.17) is 0 Å². The molecule has 5 heteroatoms. The topological polar surface area (TPSA) is 73.0 Å². The predicted molar refractivity (Wildman–Crippen MR) is 43.9 cm³/mol. The van der Waals surface area contributed by atoms with Crippen molar-refractivity contribution in [3.05, 3.63) is 35.7 Å². The Bertz CT molecular complexity index is 354.